The summed E-state index contributed by atoms with van der Waals surface area (Å²) in [6.07, 6.45) is -3.09. The van der Waals surface area contributed by atoms with Crippen molar-refractivity contribution in [3.05, 3.63) is 29.6 Å². The lowest BCUT2D eigenvalue weighted by Gasteiger charge is -2.22. The Morgan fingerprint density at radius 1 is 1.21 bits per heavy atom. The number of aromatic nitrogens is 1. The van der Waals surface area contributed by atoms with Crippen LogP contribution in [0, 0.1) is 6.07 Å². The van der Waals surface area contributed by atoms with Gasteiger partial charge < -0.3 is 0 Å². The highest BCUT2D eigenvalue weighted by Crippen LogP contribution is 2.35. The van der Waals surface area contributed by atoms with E-state index in [0.717, 1.165) is 6.07 Å². The largest absolute Gasteiger partial charge is 0.418 e. The maximum atomic E-state index is 12.5. The number of halogens is 3. The molecule has 0 aliphatic rings. The Labute approximate surface area is 81.0 Å². The third-order valence-electron chi connectivity index (χ3n) is 1.77. The number of alkyl halides is 3. The van der Waals surface area contributed by atoms with Crippen LogP contribution in [0.3, 0.4) is 0 Å². The maximum absolute atomic E-state index is 12.5. The van der Waals surface area contributed by atoms with Crippen LogP contribution in [0.25, 0.3) is 0 Å². The van der Waals surface area contributed by atoms with Gasteiger partial charge in [0.2, 0.25) is 0 Å². The Morgan fingerprint density at radius 3 is 2.14 bits per heavy atom. The first kappa shape index (κ1) is 11.0. The zero-order valence-electron chi connectivity index (χ0n) is 8.24. The average Bonchev–Trinajstić information content (AvgIpc) is 2.01. The van der Waals surface area contributed by atoms with Gasteiger partial charge in [-0.15, -0.1) is 0 Å². The maximum Gasteiger partial charge on any atom is 0.418 e. The second-order valence-corrected chi connectivity index (χ2v) is 4.08. The SMILES string of the molecule is CC(C)(C)c1nc[c]cc1C(F)(F)F. The van der Waals surface area contributed by atoms with Crippen molar-refractivity contribution in [3.63, 3.8) is 0 Å². The van der Waals surface area contributed by atoms with E-state index in [1.165, 1.54) is 6.20 Å². The fraction of sp³-hybridized carbons (Fsp3) is 0.500. The number of nitrogens with zero attached hydrogens (tertiary/aromatic N) is 1. The van der Waals surface area contributed by atoms with Gasteiger partial charge in [0.05, 0.1) is 11.3 Å². The fourth-order valence-corrected chi connectivity index (χ4v) is 1.17. The second kappa shape index (κ2) is 3.26. The van der Waals surface area contributed by atoms with Crippen LogP contribution in [0.5, 0.6) is 0 Å². The molecule has 0 saturated carbocycles. The quantitative estimate of drug-likeness (QED) is 0.629. The van der Waals surface area contributed by atoms with E-state index >= 15 is 0 Å². The topological polar surface area (TPSA) is 12.9 Å². The minimum absolute atomic E-state index is 0.0590. The van der Waals surface area contributed by atoms with Crippen LogP contribution in [0.15, 0.2) is 12.3 Å². The summed E-state index contributed by atoms with van der Waals surface area (Å²) >= 11 is 0. The van der Waals surface area contributed by atoms with Crippen LogP contribution in [0.2, 0.25) is 0 Å². The third kappa shape index (κ3) is 2.25. The first-order chi connectivity index (χ1) is 6.23. The highest BCUT2D eigenvalue weighted by atomic mass is 19.4. The first-order valence-corrected chi connectivity index (χ1v) is 4.16. The predicted octanol–water partition coefficient (Wildman–Crippen LogP) is 3.20. The molecule has 0 aliphatic heterocycles. The molecule has 0 aliphatic carbocycles. The minimum Gasteiger partial charge on any atom is -0.259 e. The molecule has 0 aromatic carbocycles. The molecule has 1 nitrogen and oxygen atoms in total. The van der Waals surface area contributed by atoms with Crippen molar-refractivity contribution in [2.24, 2.45) is 0 Å². The zero-order chi connectivity index (χ0) is 11.0. The molecule has 0 fully saturated rings. The van der Waals surface area contributed by atoms with E-state index in [1.807, 2.05) is 0 Å². The van der Waals surface area contributed by atoms with E-state index in [-0.39, 0.29) is 5.69 Å². The molecule has 14 heavy (non-hydrogen) atoms. The van der Waals surface area contributed by atoms with Crippen molar-refractivity contribution in [2.45, 2.75) is 32.4 Å². The van der Waals surface area contributed by atoms with E-state index in [4.69, 9.17) is 0 Å². The number of hydrogen-bond donors (Lipinski definition) is 0. The van der Waals surface area contributed by atoms with Crippen molar-refractivity contribution in [3.8, 4) is 0 Å². The second-order valence-electron chi connectivity index (χ2n) is 4.08. The van der Waals surface area contributed by atoms with Crippen LogP contribution in [0.1, 0.15) is 32.0 Å². The van der Waals surface area contributed by atoms with Crippen LogP contribution >= 0.6 is 0 Å². The Morgan fingerprint density at radius 2 is 1.79 bits per heavy atom. The Kier molecular flexibility index (Phi) is 2.56. The molecule has 1 aromatic heterocycles. The Balaban J connectivity index is 3.31. The smallest absolute Gasteiger partial charge is 0.259 e. The van der Waals surface area contributed by atoms with Gasteiger partial charge in [0, 0.05) is 17.7 Å². The molecule has 1 heterocycles. The van der Waals surface area contributed by atoms with E-state index in [0.29, 0.717) is 0 Å². The van der Waals surface area contributed by atoms with Gasteiger partial charge in [0.1, 0.15) is 0 Å². The zero-order valence-corrected chi connectivity index (χ0v) is 8.24. The first-order valence-electron chi connectivity index (χ1n) is 4.16. The van der Waals surface area contributed by atoms with Crippen molar-refractivity contribution in [1.82, 2.24) is 4.98 Å². The molecule has 0 spiro atoms. The molecular formula is C10H11F3N. The summed E-state index contributed by atoms with van der Waals surface area (Å²) in [5, 5.41) is 0. The summed E-state index contributed by atoms with van der Waals surface area (Å²) in [6, 6.07) is 3.29. The number of rotatable bonds is 0. The highest BCUT2D eigenvalue weighted by Gasteiger charge is 2.36. The highest BCUT2D eigenvalue weighted by molar-refractivity contribution is 5.27. The predicted molar refractivity (Wildman–Crippen MR) is 46.8 cm³/mol. The molecule has 1 radical (unpaired) electrons. The molecule has 0 amide bonds. The Hall–Kier alpha value is -1.06. The van der Waals surface area contributed by atoms with E-state index in [9.17, 15) is 13.2 Å². The van der Waals surface area contributed by atoms with E-state index in [2.05, 4.69) is 11.1 Å². The van der Waals surface area contributed by atoms with Gasteiger partial charge in [-0.2, -0.15) is 13.2 Å². The van der Waals surface area contributed by atoms with Gasteiger partial charge in [-0.05, 0) is 6.07 Å². The van der Waals surface area contributed by atoms with Gasteiger partial charge in [-0.3, -0.25) is 4.98 Å². The molecule has 1 aromatic rings. The summed E-state index contributed by atoms with van der Waals surface area (Å²) in [6.45, 7) is 5.10. The van der Waals surface area contributed by atoms with E-state index < -0.39 is 17.2 Å². The third-order valence-corrected chi connectivity index (χ3v) is 1.77. The summed E-state index contributed by atoms with van der Waals surface area (Å²) in [5.74, 6) is 0. The molecule has 77 valence electrons. The molecule has 0 saturated heterocycles. The van der Waals surface area contributed by atoms with Crippen molar-refractivity contribution in [2.75, 3.05) is 0 Å². The molecule has 0 bridgehead atoms. The van der Waals surface area contributed by atoms with Crippen molar-refractivity contribution >= 4 is 0 Å². The molecular weight excluding hydrogens is 191 g/mol. The summed E-state index contributed by atoms with van der Waals surface area (Å²) < 4.78 is 37.6. The van der Waals surface area contributed by atoms with E-state index in [1.54, 1.807) is 20.8 Å². The summed E-state index contributed by atoms with van der Waals surface area (Å²) in [4.78, 5) is 3.74. The molecule has 1 rings (SSSR count). The van der Waals surface area contributed by atoms with Crippen LogP contribution < -0.4 is 0 Å². The normalized spacial score (nSPS) is 13.0. The van der Waals surface area contributed by atoms with Gasteiger partial charge in [0.25, 0.3) is 0 Å². The van der Waals surface area contributed by atoms with Crippen LogP contribution in [-0.4, -0.2) is 4.98 Å². The lowest BCUT2D eigenvalue weighted by molar-refractivity contribution is -0.139. The molecule has 0 unspecified atom stereocenters. The summed E-state index contributed by atoms with van der Waals surface area (Å²) in [5.41, 5.74) is -1.25. The minimum atomic E-state index is -4.35. The fourth-order valence-electron chi connectivity index (χ4n) is 1.17. The molecule has 0 N–H and O–H groups in total. The average molecular weight is 202 g/mol. The van der Waals surface area contributed by atoms with Gasteiger partial charge in [0.15, 0.2) is 0 Å². The lowest BCUT2D eigenvalue weighted by Crippen LogP contribution is -2.21. The number of hydrogen-bond acceptors (Lipinski definition) is 1. The lowest BCUT2D eigenvalue weighted by atomic mass is 9.88. The van der Waals surface area contributed by atoms with Gasteiger partial charge in [-0.25, -0.2) is 0 Å². The molecule has 4 heteroatoms. The van der Waals surface area contributed by atoms with Crippen molar-refractivity contribution in [1.29, 1.82) is 0 Å². The van der Waals surface area contributed by atoms with Crippen LogP contribution in [0.4, 0.5) is 13.2 Å². The summed E-state index contributed by atoms with van der Waals surface area (Å²) in [7, 11) is 0. The Bertz CT molecular complexity index is 290. The van der Waals surface area contributed by atoms with Crippen molar-refractivity contribution < 1.29 is 13.2 Å². The number of pyridine rings is 1. The standard InChI is InChI=1S/C10H11F3N/c1-9(2,3)8-7(10(11,12)13)5-4-6-14-8/h5-6H,1-3H3. The van der Waals surface area contributed by atoms with Gasteiger partial charge >= 0.3 is 6.18 Å². The molecule has 0 atom stereocenters. The van der Waals surface area contributed by atoms with Gasteiger partial charge in [-0.1, -0.05) is 20.8 Å². The van der Waals surface area contributed by atoms with Crippen LogP contribution in [-0.2, 0) is 11.6 Å². The monoisotopic (exact) mass is 202 g/mol.